The van der Waals surface area contributed by atoms with E-state index in [1.54, 1.807) is 16.4 Å². The summed E-state index contributed by atoms with van der Waals surface area (Å²) in [4.78, 5) is 15.1. The Hall–Kier alpha value is -2.55. The smallest absolute Gasteiger partial charge is 0.243 e. The number of aryl methyl sites for hydroxylation is 1. The molecule has 186 valence electrons. The van der Waals surface area contributed by atoms with Crippen molar-refractivity contribution in [3.8, 4) is 0 Å². The van der Waals surface area contributed by atoms with Gasteiger partial charge in [-0.2, -0.15) is 4.31 Å². The number of aromatic nitrogens is 2. The number of fused-ring (bicyclic) bond motifs is 1. The van der Waals surface area contributed by atoms with Gasteiger partial charge in [0.1, 0.15) is 11.6 Å². The van der Waals surface area contributed by atoms with Gasteiger partial charge in [-0.05, 0) is 62.4 Å². The van der Waals surface area contributed by atoms with E-state index < -0.39 is 10.0 Å². The Bertz CT molecular complexity index is 1260. The van der Waals surface area contributed by atoms with Crippen molar-refractivity contribution in [1.82, 2.24) is 19.2 Å². The van der Waals surface area contributed by atoms with Gasteiger partial charge in [0.15, 0.2) is 0 Å². The summed E-state index contributed by atoms with van der Waals surface area (Å²) in [6, 6.07) is 15.5. The van der Waals surface area contributed by atoms with Crippen molar-refractivity contribution in [3.63, 3.8) is 0 Å². The predicted octanol–water partition coefficient (Wildman–Crippen LogP) is 4.25. The summed E-state index contributed by atoms with van der Waals surface area (Å²) in [5, 5.41) is 1.11. The van der Waals surface area contributed by atoms with Gasteiger partial charge >= 0.3 is 0 Å². The van der Waals surface area contributed by atoms with Gasteiger partial charge in [0.05, 0.1) is 16.5 Å². The standard InChI is InChI=1S/C27H35N5O2S/c1-3-22-11-13-23(14-12-22)35(33,34)32-19-17-30(18-20-32)21(2)26-28-25-10-6-5-9-24(25)27(29-26)31-15-7-4-8-16-31/h5-6,9-14,21H,3-4,7-8,15-20H2,1-2H3/t21-/m0/s1. The van der Waals surface area contributed by atoms with Crippen molar-refractivity contribution in [2.24, 2.45) is 0 Å². The molecule has 0 bridgehead atoms. The van der Waals surface area contributed by atoms with Crippen molar-refractivity contribution in [2.45, 2.75) is 50.5 Å². The molecule has 0 N–H and O–H groups in total. The number of nitrogens with zero attached hydrogens (tertiary/aromatic N) is 5. The molecular formula is C27H35N5O2S. The minimum absolute atomic E-state index is 0.0110. The number of sulfonamides is 1. The Labute approximate surface area is 208 Å². The number of benzene rings is 2. The maximum atomic E-state index is 13.2. The van der Waals surface area contributed by atoms with Crippen LogP contribution >= 0.6 is 0 Å². The van der Waals surface area contributed by atoms with Crippen LogP contribution in [0.3, 0.4) is 0 Å². The van der Waals surface area contributed by atoms with Crippen LogP contribution in [0, 0.1) is 0 Å². The SMILES string of the molecule is CCc1ccc(S(=O)(=O)N2CCN([C@@H](C)c3nc(N4CCCCC4)c4ccccc4n3)CC2)cc1. The molecule has 2 aliphatic rings. The number of para-hydroxylation sites is 1. The monoisotopic (exact) mass is 493 g/mol. The van der Waals surface area contributed by atoms with Crippen LogP contribution in [0.25, 0.3) is 10.9 Å². The number of rotatable bonds is 6. The van der Waals surface area contributed by atoms with Crippen molar-refractivity contribution >= 4 is 26.7 Å². The van der Waals surface area contributed by atoms with Gasteiger partial charge < -0.3 is 4.90 Å². The average molecular weight is 494 g/mol. The number of anilines is 1. The second-order valence-electron chi connectivity index (χ2n) is 9.58. The van der Waals surface area contributed by atoms with E-state index in [0.717, 1.165) is 47.6 Å². The lowest BCUT2D eigenvalue weighted by molar-refractivity contribution is 0.141. The number of piperazine rings is 1. The zero-order chi connectivity index (χ0) is 24.4. The first-order valence-electron chi connectivity index (χ1n) is 12.8. The van der Waals surface area contributed by atoms with Gasteiger partial charge in [-0.25, -0.2) is 18.4 Å². The average Bonchev–Trinajstić information content (AvgIpc) is 2.92. The van der Waals surface area contributed by atoms with E-state index in [4.69, 9.17) is 9.97 Å². The second kappa shape index (κ2) is 10.2. The van der Waals surface area contributed by atoms with Crippen molar-refractivity contribution < 1.29 is 8.42 Å². The van der Waals surface area contributed by atoms with Gasteiger partial charge in [0.2, 0.25) is 10.0 Å². The summed E-state index contributed by atoms with van der Waals surface area (Å²) in [6.45, 7) is 8.51. The van der Waals surface area contributed by atoms with Gasteiger partial charge in [0, 0.05) is 44.7 Å². The van der Waals surface area contributed by atoms with Crippen molar-refractivity contribution in [2.75, 3.05) is 44.2 Å². The zero-order valence-corrected chi connectivity index (χ0v) is 21.5. The number of hydrogen-bond donors (Lipinski definition) is 0. The molecule has 0 radical (unpaired) electrons. The van der Waals surface area contributed by atoms with Crippen LogP contribution < -0.4 is 4.90 Å². The molecular weight excluding hydrogens is 458 g/mol. The van der Waals surface area contributed by atoms with E-state index in [1.165, 1.54) is 19.3 Å². The minimum Gasteiger partial charge on any atom is -0.356 e. The van der Waals surface area contributed by atoms with E-state index in [-0.39, 0.29) is 6.04 Å². The van der Waals surface area contributed by atoms with Crippen LogP contribution in [0.1, 0.15) is 50.5 Å². The topological polar surface area (TPSA) is 69.6 Å². The quantitative estimate of drug-likeness (QED) is 0.511. The molecule has 2 saturated heterocycles. The summed E-state index contributed by atoms with van der Waals surface area (Å²) in [5.74, 6) is 1.85. The van der Waals surface area contributed by atoms with Crippen LogP contribution in [-0.4, -0.2) is 66.9 Å². The highest BCUT2D eigenvalue weighted by atomic mass is 32.2. The third-order valence-electron chi connectivity index (χ3n) is 7.42. The van der Waals surface area contributed by atoms with E-state index in [9.17, 15) is 8.42 Å². The first-order chi connectivity index (χ1) is 17.0. The molecule has 1 aromatic heterocycles. The fraction of sp³-hybridized carbons (Fsp3) is 0.481. The molecule has 8 heteroatoms. The van der Waals surface area contributed by atoms with E-state index in [0.29, 0.717) is 31.1 Å². The Kier molecular flexibility index (Phi) is 7.05. The number of piperidine rings is 1. The van der Waals surface area contributed by atoms with E-state index in [1.807, 2.05) is 18.2 Å². The molecule has 0 amide bonds. The van der Waals surface area contributed by atoms with Crippen LogP contribution in [0.15, 0.2) is 53.4 Å². The molecule has 1 atom stereocenters. The Balaban J connectivity index is 1.33. The fourth-order valence-electron chi connectivity index (χ4n) is 5.15. The largest absolute Gasteiger partial charge is 0.356 e. The molecule has 2 fully saturated rings. The Morgan fingerprint density at radius 3 is 2.23 bits per heavy atom. The summed E-state index contributed by atoms with van der Waals surface area (Å²) >= 11 is 0. The normalized spacial score (nSPS) is 19.2. The maximum absolute atomic E-state index is 13.2. The minimum atomic E-state index is -3.48. The first kappa shape index (κ1) is 24.2. The zero-order valence-electron chi connectivity index (χ0n) is 20.7. The molecule has 0 aliphatic carbocycles. The third kappa shape index (κ3) is 4.92. The number of hydrogen-bond acceptors (Lipinski definition) is 6. The van der Waals surface area contributed by atoms with Crippen LogP contribution in [0.5, 0.6) is 0 Å². The Morgan fingerprint density at radius 1 is 0.857 bits per heavy atom. The van der Waals surface area contributed by atoms with Crippen LogP contribution in [0.4, 0.5) is 5.82 Å². The lowest BCUT2D eigenvalue weighted by Crippen LogP contribution is -2.49. The van der Waals surface area contributed by atoms with Gasteiger partial charge in [0.25, 0.3) is 0 Å². The van der Waals surface area contributed by atoms with Crippen molar-refractivity contribution in [1.29, 1.82) is 0 Å². The summed E-state index contributed by atoms with van der Waals surface area (Å²) in [6.07, 6.45) is 4.56. The third-order valence-corrected chi connectivity index (χ3v) is 9.33. The summed E-state index contributed by atoms with van der Waals surface area (Å²) in [7, 11) is -3.48. The molecule has 0 spiro atoms. The summed E-state index contributed by atoms with van der Waals surface area (Å²) in [5.41, 5.74) is 2.11. The second-order valence-corrected chi connectivity index (χ2v) is 11.5. The van der Waals surface area contributed by atoms with Gasteiger partial charge in [-0.1, -0.05) is 31.2 Å². The molecule has 5 rings (SSSR count). The van der Waals surface area contributed by atoms with E-state index >= 15 is 0 Å². The molecule has 35 heavy (non-hydrogen) atoms. The highest BCUT2D eigenvalue weighted by Crippen LogP contribution is 2.30. The first-order valence-corrected chi connectivity index (χ1v) is 14.3. The molecule has 7 nitrogen and oxygen atoms in total. The van der Waals surface area contributed by atoms with E-state index in [2.05, 4.69) is 41.8 Å². The molecule has 0 saturated carbocycles. The van der Waals surface area contributed by atoms with Crippen LogP contribution in [0.2, 0.25) is 0 Å². The molecule has 0 unspecified atom stereocenters. The Morgan fingerprint density at radius 2 is 1.54 bits per heavy atom. The summed E-state index contributed by atoms with van der Waals surface area (Å²) < 4.78 is 28.0. The van der Waals surface area contributed by atoms with Crippen molar-refractivity contribution in [3.05, 3.63) is 59.9 Å². The lowest BCUT2D eigenvalue weighted by atomic mass is 10.1. The van der Waals surface area contributed by atoms with Gasteiger partial charge in [-0.15, -0.1) is 0 Å². The lowest BCUT2D eigenvalue weighted by Gasteiger charge is -2.37. The maximum Gasteiger partial charge on any atom is 0.243 e. The molecule has 2 aromatic carbocycles. The molecule has 2 aliphatic heterocycles. The molecule has 3 aromatic rings. The fourth-order valence-corrected chi connectivity index (χ4v) is 6.57. The molecule has 3 heterocycles. The van der Waals surface area contributed by atoms with Gasteiger partial charge in [-0.3, -0.25) is 4.90 Å². The predicted molar refractivity (Wildman–Crippen MR) is 140 cm³/mol. The highest BCUT2D eigenvalue weighted by molar-refractivity contribution is 7.89. The van der Waals surface area contributed by atoms with Crippen LogP contribution in [-0.2, 0) is 16.4 Å². The highest BCUT2D eigenvalue weighted by Gasteiger charge is 2.31.